The number of ether oxygens (including phenoxy) is 2. The molecule has 0 bridgehead atoms. The molecule has 248 valence electrons. The molecule has 5 aliphatic carbocycles. The van der Waals surface area contributed by atoms with Crippen molar-refractivity contribution in [2.75, 3.05) is 6.61 Å². The van der Waals surface area contributed by atoms with E-state index < -0.39 is 54.8 Å². The Morgan fingerprint density at radius 1 is 0.955 bits per heavy atom. The fourth-order valence-corrected chi connectivity index (χ4v) is 11.7. The summed E-state index contributed by atoms with van der Waals surface area (Å²) < 4.78 is 11.3. The lowest BCUT2D eigenvalue weighted by molar-refractivity contribution is -0.299. The smallest absolute Gasteiger partial charge is 0.317 e. The van der Waals surface area contributed by atoms with E-state index in [0.717, 1.165) is 37.7 Å². The molecule has 6 N–H and O–H groups in total. The Balaban J connectivity index is 1.37. The minimum atomic E-state index is -1.71. The number of esters is 1. The van der Waals surface area contributed by atoms with Crippen LogP contribution in [0.5, 0.6) is 0 Å². The normalized spacial score (nSPS) is 53.3. The SMILES string of the molecule is C=C1CCC2(C(=O)OC3OC(CO)C(O)C(O)C3O)C(O)CC3(C)C(=CCC4C5(C)CCC(O)C(C)(C)C5CCC43C)C2C1. The first-order valence-electron chi connectivity index (χ1n) is 16.7. The highest BCUT2D eigenvalue weighted by Gasteiger charge is 2.71. The summed E-state index contributed by atoms with van der Waals surface area (Å²) in [5.74, 6) is -0.281. The van der Waals surface area contributed by atoms with Crippen LogP contribution in [-0.4, -0.2) is 86.1 Å². The largest absolute Gasteiger partial charge is 0.432 e. The van der Waals surface area contributed by atoms with Crippen LogP contribution >= 0.6 is 0 Å². The lowest BCUT2D eigenvalue weighted by Gasteiger charge is -2.71. The Hall–Kier alpha value is -1.33. The Morgan fingerprint density at radius 3 is 2.34 bits per heavy atom. The third-order valence-corrected chi connectivity index (χ3v) is 14.5. The van der Waals surface area contributed by atoms with Gasteiger partial charge in [-0.25, -0.2) is 0 Å². The number of fused-ring (bicyclic) bond motifs is 7. The van der Waals surface area contributed by atoms with Crippen LogP contribution in [-0.2, 0) is 14.3 Å². The van der Waals surface area contributed by atoms with Crippen LogP contribution in [0.3, 0.4) is 0 Å². The molecule has 14 atom stereocenters. The number of carbonyl (C=O) groups excluding carboxylic acids is 1. The van der Waals surface area contributed by atoms with Crippen molar-refractivity contribution in [1.82, 2.24) is 0 Å². The van der Waals surface area contributed by atoms with Gasteiger partial charge in [0.2, 0.25) is 6.29 Å². The van der Waals surface area contributed by atoms with Crippen molar-refractivity contribution in [3.8, 4) is 0 Å². The number of aliphatic hydroxyl groups is 6. The number of aliphatic hydroxyl groups excluding tert-OH is 6. The molecule has 0 aromatic rings. The summed E-state index contributed by atoms with van der Waals surface area (Å²) in [6.07, 6.45) is -0.271. The highest BCUT2D eigenvalue weighted by Crippen LogP contribution is 2.75. The molecule has 0 spiro atoms. The number of rotatable bonds is 3. The highest BCUT2D eigenvalue weighted by atomic mass is 16.7. The number of allylic oxidation sites excluding steroid dienone is 3. The van der Waals surface area contributed by atoms with Gasteiger partial charge in [0, 0.05) is 5.92 Å². The maximum absolute atomic E-state index is 14.3. The molecule has 14 unspecified atom stereocenters. The maximum Gasteiger partial charge on any atom is 0.317 e. The van der Waals surface area contributed by atoms with Gasteiger partial charge in [0.05, 0.1) is 18.8 Å². The van der Waals surface area contributed by atoms with E-state index in [-0.39, 0.29) is 33.7 Å². The van der Waals surface area contributed by atoms with E-state index in [0.29, 0.717) is 37.5 Å². The van der Waals surface area contributed by atoms with E-state index in [1.165, 1.54) is 5.57 Å². The molecule has 0 aromatic carbocycles. The zero-order chi connectivity index (χ0) is 32.2. The standard InChI is InChI=1S/C35H54O9/c1-18-9-14-35(30(42)44-29-28(41)27(40)26(39)21(17-36)43-29)20(15-18)19-7-8-23-32(4)12-11-24(37)31(2,3)22(32)10-13-33(23,5)34(19,6)16-25(35)38/h7,20-29,36-41H,1,8-17H2,2-6H3. The van der Waals surface area contributed by atoms with Crippen LogP contribution in [0.4, 0.5) is 0 Å². The van der Waals surface area contributed by atoms with Gasteiger partial charge in [-0.3, -0.25) is 4.79 Å². The van der Waals surface area contributed by atoms with Gasteiger partial charge in [0.25, 0.3) is 0 Å². The Bertz CT molecular complexity index is 1210. The zero-order valence-electron chi connectivity index (χ0n) is 27.0. The quantitative estimate of drug-likeness (QED) is 0.207. The fourth-order valence-electron chi connectivity index (χ4n) is 11.7. The summed E-state index contributed by atoms with van der Waals surface area (Å²) in [5, 5.41) is 64.0. The van der Waals surface area contributed by atoms with Crippen LogP contribution in [0.1, 0.15) is 92.4 Å². The van der Waals surface area contributed by atoms with Gasteiger partial charge in [0.1, 0.15) is 29.8 Å². The summed E-state index contributed by atoms with van der Waals surface area (Å²) in [7, 11) is 0. The van der Waals surface area contributed by atoms with Crippen LogP contribution in [0, 0.1) is 44.8 Å². The van der Waals surface area contributed by atoms with E-state index in [9.17, 15) is 35.4 Å². The van der Waals surface area contributed by atoms with Gasteiger partial charge in [-0.1, -0.05) is 58.4 Å². The van der Waals surface area contributed by atoms with E-state index in [2.05, 4.69) is 47.3 Å². The van der Waals surface area contributed by atoms with Gasteiger partial charge < -0.3 is 40.1 Å². The van der Waals surface area contributed by atoms with Crippen molar-refractivity contribution in [3.63, 3.8) is 0 Å². The fraction of sp³-hybridized carbons (Fsp3) is 0.857. The summed E-state index contributed by atoms with van der Waals surface area (Å²) in [6, 6.07) is 0. The topological polar surface area (TPSA) is 157 Å². The molecule has 0 radical (unpaired) electrons. The van der Waals surface area contributed by atoms with Crippen molar-refractivity contribution in [1.29, 1.82) is 0 Å². The predicted octanol–water partition coefficient (Wildman–Crippen LogP) is 2.99. The van der Waals surface area contributed by atoms with Crippen LogP contribution < -0.4 is 0 Å². The third-order valence-electron chi connectivity index (χ3n) is 14.5. The summed E-state index contributed by atoms with van der Waals surface area (Å²) in [5.41, 5.74) is 0.285. The molecule has 44 heavy (non-hydrogen) atoms. The molecule has 1 aliphatic heterocycles. The lowest BCUT2D eigenvalue weighted by atomic mass is 9.33. The first kappa shape index (κ1) is 32.6. The Labute approximate surface area is 261 Å². The Kier molecular flexibility index (Phi) is 7.85. The molecule has 5 fully saturated rings. The minimum absolute atomic E-state index is 0.0401. The molecule has 9 heteroatoms. The van der Waals surface area contributed by atoms with E-state index in [1.807, 2.05) is 0 Å². The highest BCUT2D eigenvalue weighted by molar-refractivity contribution is 5.80. The lowest BCUT2D eigenvalue weighted by Crippen LogP contribution is -2.67. The summed E-state index contributed by atoms with van der Waals surface area (Å²) in [4.78, 5) is 14.3. The van der Waals surface area contributed by atoms with Gasteiger partial charge >= 0.3 is 5.97 Å². The average Bonchev–Trinajstić information content (AvgIpc) is 2.96. The average molecular weight is 619 g/mol. The molecule has 9 nitrogen and oxygen atoms in total. The van der Waals surface area contributed by atoms with Crippen LogP contribution in [0.2, 0.25) is 0 Å². The van der Waals surface area contributed by atoms with Crippen molar-refractivity contribution in [2.45, 2.75) is 135 Å². The molecule has 6 rings (SSSR count). The first-order chi connectivity index (χ1) is 20.5. The molecular formula is C35H54O9. The second kappa shape index (κ2) is 10.6. The van der Waals surface area contributed by atoms with Crippen LogP contribution in [0.25, 0.3) is 0 Å². The molecule has 6 aliphatic rings. The number of hydrogen-bond acceptors (Lipinski definition) is 9. The van der Waals surface area contributed by atoms with Crippen molar-refractivity contribution in [3.05, 3.63) is 23.8 Å². The van der Waals surface area contributed by atoms with Gasteiger partial charge in [-0.15, -0.1) is 0 Å². The predicted molar refractivity (Wildman–Crippen MR) is 162 cm³/mol. The molecule has 0 aromatic heterocycles. The van der Waals surface area contributed by atoms with E-state index >= 15 is 0 Å². The van der Waals surface area contributed by atoms with Gasteiger partial charge in [-0.05, 0) is 91.3 Å². The number of hydrogen-bond donors (Lipinski definition) is 6. The second-order valence-corrected chi connectivity index (χ2v) is 16.5. The van der Waals surface area contributed by atoms with E-state index in [1.54, 1.807) is 0 Å². The van der Waals surface area contributed by atoms with Crippen molar-refractivity contribution >= 4 is 5.97 Å². The monoisotopic (exact) mass is 618 g/mol. The third kappa shape index (κ3) is 4.18. The van der Waals surface area contributed by atoms with Crippen LogP contribution in [0.15, 0.2) is 23.8 Å². The first-order valence-corrected chi connectivity index (χ1v) is 16.7. The summed E-state index contributed by atoms with van der Waals surface area (Å²) in [6.45, 7) is 15.2. The van der Waals surface area contributed by atoms with Crippen molar-refractivity contribution < 1.29 is 44.9 Å². The zero-order valence-corrected chi connectivity index (χ0v) is 27.0. The second-order valence-electron chi connectivity index (χ2n) is 16.5. The molecule has 0 amide bonds. The minimum Gasteiger partial charge on any atom is -0.432 e. The molecule has 4 saturated carbocycles. The molecular weight excluding hydrogens is 564 g/mol. The number of carbonyl (C=O) groups is 1. The van der Waals surface area contributed by atoms with Gasteiger partial charge in [-0.2, -0.15) is 0 Å². The van der Waals surface area contributed by atoms with Crippen molar-refractivity contribution in [2.24, 2.45) is 44.8 Å². The molecule has 1 saturated heterocycles. The maximum atomic E-state index is 14.3. The summed E-state index contributed by atoms with van der Waals surface area (Å²) >= 11 is 0. The van der Waals surface area contributed by atoms with E-state index in [4.69, 9.17) is 9.47 Å². The Morgan fingerprint density at radius 2 is 1.66 bits per heavy atom. The molecule has 1 heterocycles. The van der Waals surface area contributed by atoms with Gasteiger partial charge in [0.15, 0.2) is 0 Å².